The molecule has 1 amide bonds. The maximum Gasteiger partial charge on any atom is 0.237 e. The van der Waals surface area contributed by atoms with Gasteiger partial charge in [0.1, 0.15) is 0 Å². The van der Waals surface area contributed by atoms with Gasteiger partial charge in [-0.2, -0.15) is 0 Å². The lowest BCUT2D eigenvalue weighted by Crippen LogP contribution is -2.42. The van der Waals surface area contributed by atoms with Crippen molar-refractivity contribution in [2.24, 2.45) is 0 Å². The lowest BCUT2D eigenvalue weighted by Gasteiger charge is -2.24. The molecule has 22 heavy (non-hydrogen) atoms. The summed E-state index contributed by atoms with van der Waals surface area (Å²) in [5.74, 6) is 0.0541. The molecule has 116 valence electrons. The van der Waals surface area contributed by atoms with Crippen molar-refractivity contribution < 1.29 is 4.79 Å². The number of nitrogens with zero attached hydrogens (tertiary/aromatic N) is 1. The second-order valence-electron chi connectivity index (χ2n) is 5.78. The molecule has 0 unspecified atom stereocenters. The minimum absolute atomic E-state index is 0.0541. The van der Waals surface area contributed by atoms with Crippen LogP contribution in [0.25, 0.3) is 0 Å². The fourth-order valence-electron chi connectivity index (χ4n) is 2.25. The average Bonchev–Trinajstić information content (AvgIpc) is 2.55. The van der Waals surface area contributed by atoms with Crippen LogP contribution < -0.4 is 5.32 Å². The van der Waals surface area contributed by atoms with Crippen LogP contribution >= 0.6 is 0 Å². The first-order valence-electron chi connectivity index (χ1n) is 7.63. The molecule has 2 aromatic rings. The van der Waals surface area contributed by atoms with Crippen molar-refractivity contribution in [3.8, 4) is 0 Å². The topological polar surface area (TPSA) is 32.3 Å². The summed E-state index contributed by atoms with van der Waals surface area (Å²) in [7, 11) is 1.98. The van der Waals surface area contributed by atoms with Gasteiger partial charge in [0.05, 0.1) is 6.04 Å². The van der Waals surface area contributed by atoms with Gasteiger partial charge in [0.15, 0.2) is 0 Å². The van der Waals surface area contributed by atoms with E-state index in [4.69, 9.17) is 0 Å². The Bertz CT molecular complexity index is 593. The van der Waals surface area contributed by atoms with E-state index in [9.17, 15) is 4.79 Å². The van der Waals surface area contributed by atoms with Gasteiger partial charge >= 0.3 is 0 Å². The largest absolute Gasteiger partial charge is 0.351 e. The van der Waals surface area contributed by atoms with Crippen LogP contribution in [-0.4, -0.2) is 23.9 Å². The first-order valence-corrected chi connectivity index (χ1v) is 7.63. The molecule has 3 heteroatoms. The van der Waals surface area contributed by atoms with Crippen LogP contribution in [-0.2, 0) is 17.9 Å². The smallest absolute Gasteiger partial charge is 0.237 e. The maximum atomic E-state index is 12.2. The van der Waals surface area contributed by atoms with E-state index in [1.807, 2.05) is 44.3 Å². The Morgan fingerprint density at radius 2 is 1.68 bits per heavy atom. The van der Waals surface area contributed by atoms with Crippen molar-refractivity contribution >= 4 is 5.91 Å². The highest BCUT2D eigenvalue weighted by atomic mass is 16.2. The van der Waals surface area contributed by atoms with E-state index in [2.05, 4.69) is 41.4 Å². The summed E-state index contributed by atoms with van der Waals surface area (Å²) in [5, 5.41) is 2.99. The number of hydrogen-bond acceptors (Lipinski definition) is 2. The van der Waals surface area contributed by atoms with E-state index < -0.39 is 0 Å². The highest BCUT2D eigenvalue weighted by Gasteiger charge is 2.17. The zero-order chi connectivity index (χ0) is 15.9. The number of amides is 1. The summed E-state index contributed by atoms with van der Waals surface area (Å²) in [6.07, 6.45) is 0. The van der Waals surface area contributed by atoms with E-state index >= 15 is 0 Å². The zero-order valence-electron chi connectivity index (χ0n) is 13.5. The summed E-state index contributed by atoms with van der Waals surface area (Å²) < 4.78 is 0. The molecule has 2 aromatic carbocycles. The Morgan fingerprint density at radius 1 is 1.05 bits per heavy atom. The second-order valence-corrected chi connectivity index (χ2v) is 5.78. The van der Waals surface area contributed by atoms with Crippen LogP contribution in [0.3, 0.4) is 0 Å². The van der Waals surface area contributed by atoms with E-state index in [1.54, 1.807) is 0 Å². The molecule has 0 aromatic heterocycles. The first-order chi connectivity index (χ1) is 10.6. The number of nitrogens with one attached hydrogen (secondary N) is 1. The molecule has 0 fully saturated rings. The molecule has 1 atom stereocenters. The number of aryl methyl sites for hydroxylation is 1. The summed E-state index contributed by atoms with van der Waals surface area (Å²) in [4.78, 5) is 14.3. The monoisotopic (exact) mass is 296 g/mol. The Labute approximate surface area is 133 Å². The molecule has 0 aliphatic rings. The average molecular weight is 296 g/mol. The highest BCUT2D eigenvalue weighted by Crippen LogP contribution is 2.08. The molecule has 1 N–H and O–H groups in total. The standard InChI is InChI=1S/C19H24N2O/c1-15-9-11-18(12-10-15)14-21(3)16(2)19(22)20-13-17-7-5-4-6-8-17/h4-12,16H,13-14H2,1-3H3,(H,20,22)/t16-/m0/s1. The molecule has 0 bridgehead atoms. The minimum Gasteiger partial charge on any atom is -0.351 e. The van der Waals surface area contributed by atoms with Crippen LogP contribution in [0.2, 0.25) is 0 Å². The molecule has 0 spiro atoms. The van der Waals surface area contributed by atoms with E-state index in [-0.39, 0.29) is 11.9 Å². The highest BCUT2D eigenvalue weighted by molar-refractivity contribution is 5.81. The Balaban J connectivity index is 1.85. The maximum absolute atomic E-state index is 12.2. The van der Waals surface area contributed by atoms with Crippen molar-refractivity contribution in [1.82, 2.24) is 10.2 Å². The van der Waals surface area contributed by atoms with Crippen LogP contribution in [0.4, 0.5) is 0 Å². The molecule has 0 saturated heterocycles. The predicted molar refractivity (Wildman–Crippen MR) is 90.4 cm³/mol. The molecule has 2 rings (SSSR count). The van der Waals surface area contributed by atoms with Gasteiger partial charge in [0, 0.05) is 13.1 Å². The number of likely N-dealkylation sites (N-methyl/N-ethyl adjacent to an activating group) is 1. The van der Waals surface area contributed by atoms with Crippen LogP contribution in [0.15, 0.2) is 54.6 Å². The number of carbonyl (C=O) groups is 1. The predicted octanol–water partition coefficient (Wildman–Crippen LogP) is 3.13. The third kappa shape index (κ3) is 4.71. The third-order valence-electron chi connectivity index (χ3n) is 3.90. The first kappa shape index (κ1) is 16.2. The molecule has 0 aliphatic heterocycles. The van der Waals surface area contributed by atoms with Gasteiger partial charge in [0.2, 0.25) is 5.91 Å². The molecule has 0 heterocycles. The SMILES string of the molecule is Cc1ccc(CN(C)[C@@H](C)C(=O)NCc2ccccc2)cc1. The lowest BCUT2D eigenvalue weighted by atomic mass is 10.1. The van der Waals surface area contributed by atoms with Crippen molar-refractivity contribution in [3.63, 3.8) is 0 Å². The van der Waals surface area contributed by atoms with Crippen molar-refractivity contribution in [1.29, 1.82) is 0 Å². The second kappa shape index (κ2) is 7.76. The van der Waals surface area contributed by atoms with Gasteiger partial charge in [-0.15, -0.1) is 0 Å². The summed E-state index contributed by atoms with van der Waals surface area (Å²) >= 11 is 0. The molecule has 0 aliphatic carbocycles. The Morgan fingerprint density at radius 3 is 2.32 bits per heavy atom. The minimum atomic E-state index is -0.162. The van der Waals surface area contributed by atoms with Crippen molar-refractivity contribution in [2.45, 2.75) is 33.0 Å². The van der Waals surface area contributed by atoms with Crippen LogP contribution in [0.5, 0.6) is 0 Å². The van der Waals surface area contributed by atoms with Crippen molar-refractivity contribution in [2.75, 3.05) is 7.05 Å². The van der Waals surface area contributed by atoms with Crippen LogP contribution in [0, 0.1) is 6.92 Å². The number of hydrogen-bond donors (Lipinski definition) is 1. The summed E-state index contributed by atoms with van der Waals surface area (Å²) in [5.41, 5.74) is 3.58. The van der Waals surface area contributed by atoms with Crippen molar-refractivity contribution in [3.05, 3.63) is 71.3 Å². The van der Waals surface area contributed by atoms with Gasteiger partial charge in [-0.1, -0.05) is 60.2 Å². The normalized spacial score (nSPS) is 12.2. The molecule has 0 saturated carbocycles. The molecular weight excluding hydrogens is 272 g/mol. The van der Waals surface area contributed by atoms with Crippen LogP contribution in [0.1, 0.15) is 23.6 Å². The Kier molecular flexibility index (Phi) is 5.73. The van der Waals surface area contributed by atoms with Gasteiger partial charge in [0.25, 0.3) is 0 Å². The van der Waals surface area contributed by atoms with E-state index in [1.165, 1.54) is 11.1 Å². The van der Waals surface area contributed by atoms with Gasteiger partial charge in [-0.25, -0.2) is 0 Å². The third-order valence-corrected chi connectivity index (χ3v) is 3.90. The fraction of sp³-hybridized carbons (Fsp3) is 0.316. The van der Waals surface area contributed by atoms with E-state index in [0.29, 0.717) is 6.54 Å². The fourth-order valence-corrected chi connectivity index (χ4v) is 2.25. The van der Waals surface area contributed by atoms with Gasteiger partial charge in [-0.05, 0) is 32.0 Å². The van der Waals surface area contributed by atoms with E-state index in [0.717, 1.165) is 12.1 Å². The molecule has 3 nitrogen and oxygen atoms in total. The van der Waals surface area contributed by atoms with Gasteiger partial charge < -0.3 is 5.32 Å². The van der Waals surface area contributed by atoms with Gasteiger partial charge in [-0.3, -0.25) is 9.69 Å². The lowest BCUT2D eigenvalue weighted by molar-refractivity contribution is -0.125. The number of benzene rings is 2. The summed E-state index contributed by atoms with van der Waals surface area (Å²) in [6, 6.07) is 18.2. The Hall–Kier alpha value is -2.13. The quantitative estimate of drug-likeness (QED) is 0.888. The number of rotatable bonds is 6. The summed E-state index contributed by atoms with van der Waals surface area (Å²) in [6.45, 7) is 5.35. The number of carbonyl (C=O) groups excluding carboxylic acids is 1. The zero-order valence-corrected chi connectivity index (χ0v) is 13.5. The molecule has 0 radical (unpaired) electrons. The molecular formula is C19H24N2O.